The minimum atomic E-state index is -0.698. The van der Waals surface area contributed by atoms with Crippen molar-refractivity contribution in [3.63, 3.8) is 0 Å². The predicted molar refractivity (Wildman–Crippen MR) is 96.4 cm³/mol. The molecule has 0 saturated carbocycles. The van der Waals surface area contributed by atoms with E-state index in [4.69, 9.17) is 4.74 Å². The number of thiophene rings is 1. The number of hydrogen-bond acceptors (Lipinski definition) is 4. The maximum absolute atomic E-state index is 12.1. The van der Waals surface area contributed by atoms with Crippen LogP contribution in [0.1, 0.15) is 37.2 Å². The van der Waals surface area contributed by atoms with Crippen LogP contribution in [-0.2, 0) is 4.74 Å². The summed E-state index contributed by atoms with van der Waals surface area (Å²) in [5.74, 6) is 0. The Morgan fingerprint density at radius 3 is 3.00 bits per heavy atom. The third-order valence-electron chi connectivity index (χ3n) is 4.40. The smallest absolute Gasteiger partial charge is 0.315 e. The van der Waals surface area contributed by atoms with E-state index in [2.05, 4.69) is 10.6 Å². The highest BCUT2D eigenvalue weighted by atomic mass is 32.1. The lowest BCUT2D eigenvalue weighted by Gasteiger charge is -2.23. The molecule has 1 aromatic heterocycles. The molecular weight excluding hydrogens is 324 g/mol. The largest absolute Gasteiger partial charge is 0.386 e. The van der Waals surface area contributed by atoms with E-state index < -0.39 is 6.10 Å². The number of benzene rings is 1. The number of rotatable bonds is 6. The maximum atomic E-state index is 12.1. The van der Waals surface area contributed by atoms with Crippen molar-refractivity contribution in [2.75, 3.05) is 13.2 Å². The van der Waals surface area contributed by atoms with Crippen molar-refractivity contribution in [1.29, 1.82) is 0 Å². The highest BCUT2D eigenvalue weighted by Gasteiger charge is 2.26. The standard InChI is InChI=1S/C18H24N2O3S/c1-2-13(15-7-5-9-23-15)20-18(22)19-11-14(21)17-10-12-6-3-4-8-16(12)24-17/h3-4,6,8,10,13-15,21H,2,5,7,9,11H2,1H3,(H2,19,20,22). The molecular formula is C18H24N2O3S. The Kier molecular flexibility index (Phi) is 5.71. The van der Waals surface area contributed by atoms with E-state index in [9.17, 15) is 9.90 Å². The second-order valence-electron chi connectivity index (χ2n) is 6.12. The Bertz CT molecular complexity index is 649. The van der Waals surface area contributed by atoms with Crippen LogP contribution in [-0.4, -0.2) is 36.4 Å². The fraction of sp³-hybridized carbons (Fsp3) is 0.500. The first kappa shape index (κ1) is 17.2. The quantitative estimate of drug-likeness (QED) is 0.751. The molecule has 3 unspecified atom stereocenters. The molecule has 0 radical (unpaired) electrons. The fourth-order valence-electron chi connectivity index (χ4n) is 3.05. The van der Waals surface area contributed by atoms with Gasteiger partial charge < -0.3 is 20.5 Å². The molecule has 130 valence electrons. The molecule has 1 aliphatic rings. The Hall–Kier alpha value is -1.63. The Balaban J connectivity index is 1.51. The molecule has 1 aliphatic heterocycles. The van der Waals surface area contributed by atoms with Crippen LogP contribution in [0.2, 0.25) is 0 Å². The number of carbonyl (C=O) groups is 1. The van der Waals surface area contributed by atoms with Gasteiger partial charge in [-0.2, -0.15) is 0 Å². The number of fused-ring (bicyclic) bond motifs is 1. The molecule has 5 nitrogen and oxygen atoms in total. The van der Waals surface area contributed by atoms with Crippen molar-refractivity contribution < 1.29 is 14.6 Å². The highest BCUT2D eigenvalue weighted by molar-refractivity contribution is 7.19. The van der Waals surface area contributed by atoms with Crippen LogP contribution in [0.15, 0.2) is 30.3 Å². The topological polar surface area (TPSA) is 70.6 Å². The zero-order valence-corrected chi connectivity index (χ0v) is 14.6. The zero-order valence-electron chi connectivity index (χ0n) is 13.8. The number of aliphatic hydroxyl groups excluding tert-OH is 1. The molecule has 2 aromatic rings. The molecule has 0 bridgehead atoms. The first-order valence-electron chi connectivity index (χ1n) is 8.50. The van der Waals surface area contributed by atoms with Crippen molar-refractivity contribution in [3.05, 3.63) is 35.2 Å². The van der Waals surface area contributed by atoms with E-state index >= 15 is 0 Å². The lowest BCUT2D eigenvalue weighted by molar-refractivity contribution is 0.0793. The van der Waals surface area contributed by atoms with Gasteiger partial charge in [-0.1, -0.05) is 25.1 Å². The third kappa shape index (κ3) is 4.06. The van der Waals surface area contributed by atoms with Crippen LogP contribution in [0, 0.1) is 0 Å². The SMILES string of the molecule is CCC(NC(=O)NCC(O)c1cc2ccccc2s1)C1CCCO1. The summed E-state index contributed by atoms with van der Waals surface area (Å²) in [7, 11) is 0. The molecule has 0 spiro atoms. The summed E-state index contributed by atoms with van der Waals surface area (Å²) < 4.78 is 6.78. The molecule has 3 atom stereocenters. The molecule has 24 heavy (non-hydrogen) atoms. The van der Waals surface area contributed by atoms with Gasteiger partial charge in [-0.3, -0.25) is 0 Å². The van der Waals surface area contributed by atoms with Crippen molar-refractivity contribution in [2.45, 2.75) is 44.4 Å². The summed E-state index contributed by atoms with van der Waals surface area (Å²) in [6, 6.07) is 9.76. The van der Waals surface area contributed by atoms with Crippen molar-refractivity contribution in [2.24, 2.45) is 0 Å². The molecule has 6 heteroatoms. The first-order chi connectivity index (χ1) is 11.7. The number of hydrogen-bond donors (Lipinski definition) is 3. The zero-order chi connectivity index (χ0) is 16.9. The molecule has 1 saturated heterocycles. The number of ether oxygens (including phenoxy) is 1. The number of amides is 2. The van der Waals surface area contributed by atoms with E-state index in [1.807, 2.05) is 37.3 Å². The van der Waals surface area contributed by atoms with Gasteiger partial charge in [-0.05, 0) is 36.8 Å². The summed E-state index contributed by atoms with van der Waals surface area (Å²) >= 11 is 1.55. The van der Waals surface area contributed by atoms with Crippen molar-refractivity contribution in [1.82, 2.24) is 10.6 Å². The van der Waals surface area contributed by atoms with Crippen LogP contribution in [0.4, 0.5) is 4.79 Å². The summed E-state index contributed by atoms with van der Waals surface area (Å²) in [6.45, 7) is 3.01. The van der Waals surface area contributed by atoms with Crippen LogP contribution >= 0.6 is 11.3 Å². The molecule has 3 N–H and O–H groups in total. The molecule has 1 aromatic carbocycles. The van der Waals surface area contributed by atoms with Gasteiger partial charge in [-0.15, -0.1) is 11.3 Å². The summed E-state index contributed by atoms with van der Waals surface area (Å²) in [6.07, 6.45) is 2.28. The minimum absolute atomic E-state index is 0.0222. The second kappa shape index (κ2) is 7.96. The summed E-state index contributed by atoms with van der Waals surface area (Å²) in [5.41, 5.74) is 0. The minimum Gasteiger partial charge on any atom is -0.386 e. The molecule has 1 fully saturated rings. The monoisotopic (exact) mass is 348 g/mol. The number of carbonyl (C=O) groups excluding carboxylic acids is 1. The third-order valence-corrected chi connectivity index (χ3v) is 5.62. The van der Waals surface area contributed by atoms with Crippen LogP contribution in [0.5, 0.6) is 0 Å². The van der Waals surface area contributed by atoms with Gasteiger partial charge in [0.25, 0.3) is 0 Å². The predicted octanol–water partition coefficient (Wildman–Crippen LogP) is 3.19. The van der Waals surface area contributed by atoms with E-state index in [1.54, 1.807) is 11.3 Å². The Morgan fingerprint density at radius 1 is 1.46 bits per heavy atom. The Labute approximate surface area is 146 Å². The van der Waals surface area contributed by atoms with Crippen molar-refractivity contribution in [3.8, 4) is 0 Å². The second-order valence-corrected chi connectivity index (χ2v) is 7.24. The average molecular weight is 348 g/mol. The first-order valence-corrected chi connectivity index (χ1v) is 9.31. The summed E-state index contributed by atoms with van der Waals surface area (Å²) in [5, 5.41) is 17.2. The Morgan fingerprint density at radius 2 is 2.29 bits per heavy atom. The van der Waals surface area contributed by atoms with Gasteiger partial charge >= 0.3 is 6.03 Å². The van der Waals surface area contributed by atoms with Gasteiger partial charge in [0.05, 0.1) is 18.7 Å². The van der Waals surface area contributed by atoms with Gasteiger partial charge in [-0.25, -0.2) is 4.79 Å². The normalized spacial score (nSPS) is 20.0. The van der Waals surface area contributed by atoms with E-state index in [1.165, 1.54) is 0 Å². The number of urea groups is 1. The molecule has 2 amide bonds. The fourth-order valence-corrected chi connectivity index (χ4v) is 4.10. The lowest BCUT2D eigenvalue weighted by Crippen LogP contribution is -2.48. The highest BCUT2D eigenvalue weighted by Crippen LogP contribution is 2.29. The van der Waals surface area contributed by atoms with Gasteiger partial charge in [0.15, 0.2) is 0 Å². The van der Waals surface area contributed by atoms with Crippen LogP contribution in [0.3, 0.4) is 0 Å². The number of nitrogens with one attached hydrogen (secondary N) is 2. The van der Waals surface area contributed by atoms with Crippen LogP contribution < -0.4 is 10.6 Å². The maximum Gasteiger partial charge on any atom is 0.315 e. The van der Waals surface area contributed by atoms with E-state index in [0.29, 0.717) is 0 Å². The lowest BCUT2D eigenvalue weighted by atomic mass is 10.1. The van der Waals surface area contributed by atoms with Gasteiger partial charge in [0.2, 0.25) is 0 Å². The average Bonchev–Trinajstić information content (AvgIpc) is 3.26. The molecule has 3 rings (SSSR count). The van der Waals surface area contributed by atoms with Crippen LogP contribution in [0.25, 0.3) is 10.1 Å². The van der Waals surface area contributed by atoms with E-state index in [0.717, 1.165) is 40.8 Å². The molecule has 0 aliphatic carbocycles. The number of aliphatic hydroxyl groups is 1. The van der Waals surface area contributed by atoms with Gasteiger partial charge in [0.1, 0.15) is 6.10 Å². The molecule has 2 heterocycles. The van der Waals surface area contributed by atoms with E-state index in [-0.39, 0.29) is 24.7 Å². The summed E-state index contributed by atoms with van der Waals surface area (Å²) in [4.78, 5) is 13.0. The van der Waals surface area contributed by atoms with Gasteiger partial charge in [0, 0.05) is 16.2 Å². The van der Waals surface area contributed by atoms with Crippen molar-refractivity contribution >= 4 is 27.5 Å².